The first-order valence-electron chi connectivity index (χ1n) is 9.72. The van der Waals surface area contributed by atoms with E-state index in [1.807, 2.05) is 6.92 Å². The van der Waals surface area contributed by atoms with Crippen molar-refractivity contribution in [2.75, 3.05) is 11.9 Å². The van der Waals surface area contributed by atoms with Gasteiger partial charge in [-0.15, -0.1) is 0 Å². The maximum atomic E-state index is 13.2. The number of nitrogens with one attached hydrogen (secondary N) is 2. The molecule has 2 aromatic rings. The molecule has 0 aliphatic carbocycles. The Kier molecular flexibility index (Phi) is 6.36. The first-order chi connectivity index (χ1) is 14.6. The Morgan fingerprint density at radius 3 is 2.48 bits per heavy atom. The minimum atomic E-state index is -1.30. The van der Waals surface area contributed by atoms with Crippen molar-refractivity contribution in [3.05, 3.63) is 71.3 Å². The van der Waals surface area contributed by atoms with Crippen LogP contribution in [0, 0.1) is 0 Å². The van der Waals surface area contributed by atoms with E-state index in [4.69, 9.17) is 16.3 Å². The summed E-state index contributed by atoms with van der Waals surface area (Å²) >= 11 is 6.08. The average molecular weight is 442 g/mol. The zero-order valence-corrected chi connectivity index (χ0v) is 18.3. The van der Waals surface area contributed by atoms with E-state index >= 15 is 0 Å². The first kappa shape index (κ1) is 22.4. The fourth-order valence-electron chi connectivity index (χ4n) is 3.22. The Balaban J connectivity index is 1.76. The van der Waals surface area contributed by atoms with Gasteiger partial charge in [-0.25, -0.2) is 9.69 Å². The van der Waals surface area contributed by atoms with E-state index in [0.717, 1.165) is 10.5 Å². The molecule has 2 N–H and O–H groups in total. The number of benzene rings is 2. The lowest BCUT2D eigenvalue weighted by Gasteiger charge is -2.25. The van der Waals surface area contributed by atoms with Gasteiger partial charge in [0.05, 0.1) is 10.7 Å². The highest BCUT2D eigenvalue weighted by Crippen LogP contribution is 2.31. The molecule has 1 fully saturated rings. The van der Waals surface area contributed by atoms with Gasteiger partial charge in [0.2, 0.25) is 5.91 Å². The second-order valence-electron chi connectivity index (χ2n) is 7.65. The van der Waals surface area contributed by atoms with Gasteiger partial charge in [0.15, 0.2) is 0 Å². The second kappa shape index (κ2) is 8.81. The maximum absolute atomic E-state index is 13.2. The van der Waals surface area contributed by atoms with Crippen molar-refractivity contribution in [2.24, 2.45) is 0 Å². The third-order valence-corrected chi connectivity index (χ3v) is 5.37. The van der Waals surface area contributed by atoms with Crippen LogP contribution in [0.15, 0.2) is 60.7 Å². The topological polar surface area (TPSA) is 87.7 Å². The third-order valence-electron chi connectivity index (χ3n) is 5.04. The van der Waals surface area contributed by atoms with Gasteiger partial charge in [0.1, 0.15) is 23.9 Å². The van der Waals surface area contributed by atoms with Crippen molar-refractivity contribution in [1.82, 2.24) is 10.2 Å². The fourth-order valence-corrected chi connectivity index (χ4v) is 3.40. The van der Waals surface area contributed by atoms with Gasteiger partial charge < -0.3 is 15.4 Å². The predicted molar refractivity (Wildman–Crippen MR) is 119 cm³/mol. The monoisotopic (exact) mass is 441 g/mol. The molecule has 2 atom stereocenters. The molecule has 1 heterocycles. The zero-order chi connectivity index (χ0) is 22.8. The van der Waals surface area contributed by atoms with Crippen LogP contribution in [0.25, 0.3) is 0 Å². The van der Waals surface area contributed by atoms with Crippen molar-refractivity contribution in [3.8, 4) is 5.75 Å². The second-order valence-corrected chi connectivity index (χ2v) is 8.05. The van der Waals surface area contributed by atoms with Gasteiger partial charge >= 0.3 is 6.03 Å². The van der Waals surface area contributed by atoms with Crippen molar-refractivity contribution in [1.29, 1.82) is 0 Å². The number of rotatable bonds is 7. The molecule has 1 aliphatic rings. The molecule has 0 radical (unpaired) electrons. The molecule has 7 nitrogen and oxygen atoms in total. The van der Waals surface area contributed by atoms with Crippen LogP contribution in [-0.4, -0.2) is 35.4 Å². The molecule has 1 saturated heterocycles. The van der Waals surface area contributed by atoms with Gasteiger partial charge in [0.25, 0.3) is 5.91 Å². The smallest absolute Gasteiger partial charge is 0.326 e. The largest absolute Gasteiger partial charge is 0.489 e. The summed E-state index contributed by atoms with van der Waals surface area (Å²) in [5.41, 5.74) is 0.563. The molecule has 0 aromatic heterocycles. The number of amides is 4. The molecule has 3 rings (SSSR count). The minimum absolute atomic E-state index is 0.360. The zero-order valence-electron chi connectivity index (χ0n) is 17.6. The fraction of sp³-hybridized carbons (Fsp3) is 0.261. The summed E-state index contributed by atoms with van der Waals surface area (Å²) in [5.74, 6) is -0.421. The third kappa shape index (κ3) is 4.56. The number of nitrogens with zero attached hydrogens (tertiary/aromatic N) is 1. The van der Waals surface area contributed by atoms with Crippen LogP contribution >= 0.6 is 11.6 Å². The number of hydrogen-bond donors (Lipinski definition) is 2. The molecule has 2 aromatic carbocycles. The van der Waals surface area contributed by atoms with Crippen LogP contribution in [0.2, 0.25) is 5.02 Å². The SMILES string of the molecule is C=C(C)COc1ccc(C2(C)NC(=O)N(C(C)C(=O)Nc3ccccc3Cl)C2=O)cc1. The van der Waals surface area contributed by atoms with E-state index in [1.165, 1.54) is 6.92 Å². The van der Waals surface area contributed by atoms with E-state index in [2.05, 4.69) is 17.2 Å². The van der Waals surface area contributed by atoms with E-state index < -0.39 is 29.4 Å². The summed E-state index contributed by atoms with van der Waals surface area (Å²) in [7, 11) is 0. The number of anilines is 1. The normalized spacial score (nSPS) is 19.0. The number of urea groups is 1. The standard InChI is InChI=1S/C23H24ClN3O4/c1-14(2)13-31-17-11-9-16(10-12-17)23(4)21(29)27(22(30)26-23)15(3)20(28)25-19-8-6-5-7-18(19)24/h5-12,15H,1,13H2,2-4H3,(H,25,28)(H,26,30). The number of ether oxygens (including phenoxy) is 1. The molecule has 1 aliphatic heterocycles. The number of imide groups is 1. The first-order valence-corrected chi connectivity index (χ1v) is 10.1. The lowest BCUT2D eigenvalue weighted by Crippen LogP contribution is -2.47. The predicted octanol–water partition coefficient (Wildman–Crippen LogP) is 4.09. The summed E-state index contributed by atoms with van der Waals surface area (Å²) in [5, 5.41) is 5.72. The van der Waals surface area contributed by atoms with Crippen molar-refractivity contribution >= 4 is 35.1 Å². The van der Waals surface area contributed by atoms with Crippen molar-refractivity contribution in [2.45, 2.75) is 32.4 Å². The highest BCUT2D eigenvalue weighted by Gasteiger charge is 2.51. The molecule has 162 valence electrons. The molecule has 2 unspecified atom stereocenters. The molecule has 4 amide bonds. The Morgan fingerprint density at radius 2 is 1.87 bits per heavy atom. The van der Waals surface area contributed by atoms with Crippen molar-refractivity contribution < 1.29 is 19.1 Å². The quantitative estimate of drug-likeness (QED) is 0.500. The van der Waals surface area contributed by atoms with E-state index in [-0.39, 0.29) is 0 Å². The summed E-state index contributed by atoms with van der Waals surface area (Å²) in [6.07, 6.45) is 0. The maximum Gasteiger partial charge on any atom is 0.326 e. The molecule has 0 saturated carbocycles. The Bertz CT molecular complexity index is 1040. The van der Waals surface area contributed by atoms with Crippen LogP contribution < -0.4 is 15.4 Å². The lowest BCUT2D eigenvalue weighted by molar-refractivity contribution is -0.136. The number of carbonyl (C=O) groups excluding carboxylic acids is 3. The Morgan fingerprint density at radius 1 is 1.23 bits per heavy atom. The highest BCUT2D eigenvalue weighted by atomic mass is 35.5. The number of halogens is 1. The van der Waals surface area contributed by atoms with E-state index in [1.54, 1.807) is 55.5 Å². The van der Waals surface area contributed by atoms with Crippen molar-refractivity contribution in [3.63, 3.8) is 0 Å². The van der Waals surface area contributed by atoms with Gasteiger partial charge in [-0.1, -0.05) is 42.4 Å². The van der Waals surface area contributed by atoms with Crippen LogP contribution in [0.5, 0.6) is 5.75 Å². The average Bonchev–Trinajstić information content (AvgIpc) is 2.97. The molecule has 8 heteroatoms. The van der Waals surface area contributed by atoms with Crippen LogP contribution in [0.4, 0.5) is 10.5 Å². The Hall–Kier alpha value is -3.32. The number of para-hydroxylation sites is 1. The summed E-state index contributed by atoms with van der Waals surface area (Å²) in [4.78, 5) is 39.5. The summed E-state index contributed by atoms with van der Waals surface area (Å²) in [6, 6.07) is 11.9. The minimum Gasteiger partial charge on any atom is -0.489 e. The lowest BCUT2D eigenvalue weighted by atomic mass is 9.91. The van der Waals surface area contributed by atoms with E-state index in [0.29, 0.717) is 28.6 Å². The molecular formula is C23H24ClN3O4. The number of hydrogen-bond acceptors (Lipinski definition) is 4. The molecule has 31 heavy (non-hydrogen) atoms. The molecule has 0 spiro atoms. The van der Waals surface area contributed by atoms with Crippen LogP contribution in [0.3, 0.4) is 0 Å². The van der Waals surface area contributed by atoms with E-state index in [9.17, 15) is 14.4 Å². The van der Waals surface area contributed by atoms with Gasteiger partial charge in [-0.05, 0) is 56.2 Å². The number of carbonyl (C=O) groups is 3. The van der Waals surface area contributed by atoms with Gasteiger partial charge in [0, 0.05) is 0 Å². The Labute approximate surface area is 186 Å². The van der Waals surface area contributed by atoms with Gasteiger partial charge in [-0.3, -0.25) is 9.59 Å². The summed E-state index contributed by atoms with van der Waals surface area (Å²) < 4.78 is 5.58. The summed E-state index contributed by atoms with van der Waals surface area (Å²) in [6.45, 7) is 9.13. The van der Waals surface area contributed by atoms with Gasteiger partial charge in [-0.2, -0.15) is 0 Å². The highest BCUT2D eigenvalue weighted by molar-refractivity contribution is 6.33. The molecular weight excluding hydrogens is 418 g/mol. The molecule has 0 bridgehead atoms. The van der Waals surface area contributed by atoms with Crippen LogP contribution in [-0.2, 0) is 15.1 Å². The van der Waals surface area contributed by atoms with Crippen LogP contribution in [0.1, 0.15) is 26.3 Å².